The van der Waals surface area contributed by atoms with Crippen molar-refractivity contribution < 1.29 is 9.66 Å². The minimum absolute atomic E-state index is 0.0370. The van der Waals surface area contributed by atoms with Crippen LogP contribution in [-0.2, 0) is 4.74 Å². The third-order valence-electron chi connectivity index (χ3n) is 3.28. The Hall–Kier alpha value is -1.47. The third kappa shape index (κ3) is 3.05. The Morgan fingerprint density at radius 1 is 1.50 bits per heavy atom. The molecule has 2 aliphatic heterocycles. The summed E-state index contributed by atoms with van der Waals surface area (Å²) in [6, 6.07) is 0.785. The van der Waals surface area contributed by atoms with E-state index >= 15 is 0 Å². The molecule has 0 radical (unpaired) electrons. The molecular weight excluding hydrogens is 236 g/mol. The summed E-state index contributed by atoms with van der Waals surface area (Å²) in [7, 11) is 0. The number of likely N-dealkylation sites (tertiary alicyclic amines) is 1. The van der Waals surface area contributed by atoms with Gasteiger partial charge in [-0.2, -0.15) is 5.10 Å². The van der Waals surface area contributed by atoms with Gasteiger partial charge < -0.3 is 4.74 Å². The fourth-order valence-corrected chi connectivity index (χ4v) is 2.07. The first kappa shape index (κ1) is 13.0. The first-order chi connectivity index (χ1) is 8.68. The van der Waals surface area contributed by atoms with Gasteiger partial charge >= 0.3 is 5.69 Å². The second kappa shape index (κ2) is 5.92. The zero-order valence-electron chi connectivity index (χ0n) is 10.5. The third-order valence-corrected chi connectivity index (χ3v) is 3.28. The van der Waals surface area contributed by atoms with Gasteiger partial charge in [-0.25, -0.2) is 0 Å². The minimum atomic E-state index is -0.473. The highest BCUT2D eigenvalue weighted by Crippen LogP contribution is 2.16. The van der Waals surface area contributed by atoms with Gasteiger partial charge in [0.05, 0.1) is 24.2 Å². The average molecular weight is 254 g/mol. The van der Waals surface area contributed by atoms with Crippen molar-refractivity contribution in [1.82, 2.24) is 15.1 Å². The number of aromatic nitrogens is 2. The lowest BCUT2D eigenvalue weighted by Crippen LogP contribution is -2.47. The second-order valence-electron chi connectivity index (χ2n) is 4.57. The predicted molar refractivity (Wildman–Crippen MR) is 65.4 cm³/mol. The van der Waals surface area contributed by atoms with Gasteiger partial charge in [0.1, 0.15) is 11.9 Å². The van der Waals surface area contributed by atoms with E-state index in [-0.39, 0.29) is 5.69 Å². The van der Waals surface area contributed by atoms with Crippen LogP contribution in [0.25, 0.3) is 0 Å². The van der Waals surface area contributed by atoms with E-state index < -0.39 is 4.92 Å². The van der Waals surface area contributed by atoms with Gasteiger partial charge in [-0.1, -0.05) is 0 Å². The zero-order valence-corrected chi connectivity index (χ0v) is 10.5. The molecule has 7 heteroatoms. The van der Waals surface area contributed by atoms with Crippen molar-refractivity contribution in [2.24, 2.45) is 0 Å². The normalized spacial score (nSPS) is 20.1. The molecule has 3 heterocycles. The molecule has 1 aromatic rings. The Bertz CT molecular complexity index is 397. The molecule has 0 amide bonds. The highest BCUT2D eigenvalue weighted by Gasteiger charge is 2.27. The molecule has 7 nitrogen and oxygen atoms in total. The first-order valence-electron chi connectivity index (χ1n) is 6.14. The maximum atomic E-state index is 10.0. The van der Waals surface area contributed by atoms with Crippen LogP contribution >= 0.6 is 0 Å². The molecule has 0 bridgehead atoms. The number of hydrogen-bond donors (Lipinski definition) is 1. The van der Waals surface area contributed by atoms with E-state index in [2.05, 4.69) is 15.1 Å². The van der Waals surface area contributed by atoms with E-state index in [0.29, 0.717) is 5.69 Å². The van der Waals surface area contributed by atoms with Crippen molar-refractivity contribution >= 4 is 5.69 Å². The maximum Gasteiger partial charge on any atom is 0.309 e. The van der Waals surface area contributed by atoms with Crippen LogP contribution in [0.4, 0.5) is 5.69 Å². The van der Waals surface area contributed by atoms with Crippen molar-refractivity contribution in [3.05, 3.63) is 22.0 Å². The van der Waals surface area contributed by atoms with E-state index in [9.17, 15) is 10.1 Å². The molecule has 0 atom stereocenters. The number of hydrogen-bond acceptors (Lipinski definition) is 5. The fraction of sp³-hybridized carbons (Fsp3) is 0.727. The Labute approximate surface area is 105 Å². The molecule has 2 aliphatic rings. The van der Waals surface area contributed by atoms with E-state index in [0.717, 1.165) is 19.3 Å². The van der Waals surface area contributed by atoms with Crippen molar-refractivity contribution in [2.45, 2.75) is 25.8 Å². The van der Waals surface area contributed by atoms with E-state index in [1.807, 2.05) is 0 Å². The van der Waals surface area contributed by atoms with Gasteiger partial charge in [0.25, 0.3) is 0 Å². The number of aryl methyl sites for hydroxylation is 1. The summed E-state index contributed by atoms with van der Waals surface area (Å²) in [5.74, 6) is 0. The predicted octanol–water partition coefficient (Wildman–Crippen LogP) is 1.11. The van der Waals surface area contributed by atoms with E-state index in [4.69, 9.17) is 4.74 Å². The molecule has 100 valence electrons. The maximum absolute atomic E-state index is 10.0. The minimum Gasteiger partial charge on any atom is -0.378 e. The zero-order chi connectivity index (χ0) is 13.0. The molecule has 0 saturated carbocycles. The molecule has 1 N–H and O–H groups in total. The van der Waals surface area contributed by atoms with Crippen molar-refractivity contribution in [1.29, 1.82) is 0 Å². The highest BCUT2D eigenvalue weighted by molar-refractivity contribution is 5.29. The molecule has 0 aliphatic carbocycles. The van der Waals surface area contributed by atoms with Crippen LogP contribution < -0.4 is 0 Å². The second-order valence-corrected chi connectivity index (χ2v) is 4.57. The molecule has 1 aromatic heterocycles. The smallest absolute Gasteiger partial charge is 0.309 e. The highest BCUT2D eigenvalue weighted by atomic mass is 16.6. The number of ether oxygens (including phenoxy) is 1. The molecule has 2 fully saturated rings. The molecule has 2 saturated heterocycles. The molecule has 18 heavy (non-hydrogen) atoms. The Morgan fingerprint density at radius 2 is 2.17 bits per heavy atom. The van der Waals surface area contributed by atoms with Gasteiger partial charge in [-0.3, -0.25) is 20.1 Å². The fourth-order valence-electron chi connectivity index (χ4n) is 2.07. The first-order valence-corrected chi connectivity index (χ1v) is 6.14. The van der Waals surface area contributed by atoms with Crippen molar-refractivity contribution in [2.75, 3.05) is 26.3 Å². The summed E-state index contributed by atoms with van der Waals surface area (Å²) in [6.45, 7) is 6.20. The SMILES string of the molecule is C1CCN(C2COC2)C1.Cc1[nH]ncc1[N+](=O)[O-]. The van der Waals surface area contributed by atoms with Crippen LogP contribution in [0.1, 0.15) is 18.5 Å². The summed E-state index contributed by atoms with van der Waals surface area (Å²) < 4.78 is 5.11. The number of nitrogens with zero attached hydrogens (tertiary/aromatic N) is 3. The lowest BCUT2D eigenvalue weighted by molar-refractivity contribution is -0.385. The van der Waals surface area contributed by atoms with Crippen LogP contribution in [0.2, 0.25) is 0 Å². The number of aromatic amines is 1. The summed E-state index contributed by atoms with van der Waals surface area (Å²) in [4.78, 5) is 12.1. The number of H-pyrrole nitrogens is 1. The standard InChI is InChI=1S/C7H13NO.C4H5N3O2/c1-2-4-8(3-1)7-5-9-6-7;1-3-4(7(8)9)2-5-6-3/h7H,1-6H2;2H,1H3,(H,5,6). The van der Waals surface area contributed by atoms with Gasteiger partial charge in [0.2, 0.25) is 0 Å². The molecule has 0 unspecified atom stereocenters. The van der Waals surface area contributed by atoms with Crippen LogP contribution in [0.15, 0.2) is 6.20 Å². The molecule has 0 spiro atoms. The van der Waals surface area contributed by atoms with E-state index in [1.165, 1.54) is 32.1 Å². The van der Waals surface area contributed by atoms with Crippen molar-refractivity contribution in [3.63, 3.8) is 0 Å². The Morgan fingerprint density at radius 3 is 2.50 bits per heavy atom. The lowest BCUT2D eigenvalue weighted by Gasteiger charge is -2.34. The summed E-state index contributed by atoms with van der Waals surface area (Å²) in [5.41, 5.74) is 0.523. The monoisotopic (exact) mass is 254 g/mol. The number of rotatable bonds is 2. The topological polar surface area (TPSA) is 84.3 Å². The van der Waals surface area contributed by atoms with Crippen LogP contribution in [-0.4, -0.2) is 52.4 Å². The van der Waals surface area contributed by atoms with Gasteiger partial charge in [-0.15, -0.1) is 0 Å². The molecule has 0 aromatic carbocycles. The van der Waals surface area contributed by atoms with Gasteiger partial charge in [0, 0.05) is 0 Å². The molecular formula is C11H18N4O3. The number of nitrogens with one attached hydrogen (secondary N) is 1. The van der Waals surface area contributed by atoms with Gasteiger partial charge in [-0.05, 0) is 32.9 Å². The quantitative estimate of drug-likeness (QED) is 0.631. The summed E-state index contributed by atoms with van der Waals surface area (Å²) >= 11 is 0. The van der Waals surface area contributed by atoms with Crippen molar-refractivity contribution in [3.8, 4) is 0 Å². The Kier molecular flexibility index (Phi) is 4.27. The van der Waals surface area contributed by atoms with Gasteiger partial charge in [0.15, 0.2) is 0 Å². The average Bonchev–Trinajstić information content (AvgIpc) is 2.87. The lowest BCUT2D eigenvalue weighted by atomic mass is 10.2. The summed E-state index contributed by atoms with van der Waals surface area (Å²) in [5, 5.41) is 16.0. The Balaban J connectivity index is 0.000000134. The van der Waals surface area contributed by atoms with Crippen LogP contribution in [0.5, 0.6) is 0 Å². The largest absolute Gasteiger partial charge is 0.378 e. The van der Waals surface area contributed by atoms with Crippen LogP contribution in [0.3, 0.4) is 0 Å². The van der Waals surface area contributed by atoms with Crippen LogP contribution in [0, 0.1) is 17.0 Å². The number of nitro groups is 1. The van der Waals surface area contributed by atoms with E-state index in [1.54, 1.807) is 6.92 Å². The molecule has 3 rings (SSSR count). The summed E-state index contributed by atoms with van der Waals surface area (Å²) in [6.07, 6.45) is 3.99.